The van der Waals surface area contributed by atoms with E-state index in [9.17, 15) is 19.2 Å². The quantitative estimate of drug-likeness (QED) is 0.165. The smallest absolute Gasteiger partial charge is 0.408 e. The highest BCUT2D eigenvalue weighted by Crippen LogP contribution is 2.26. The molecule has 250 valence electrons. The van der Waals surface area contributed by atoms with Crippen LogP contribution in [0.25, 0.3) is 0 Å². The van der Waals surface area contributed by atoms with Crippen LogP contribution in [0, 0.1) is 24.8 Å². The molecule has 3 atom stereocenters. The van der Waals surface area contributed by atoms with E-state index in [1.54, 1.807) is 90.1 Å². The Morgan fingerprint density at radius 3 is 1.71 bits per heavy atom. The van der Waals surface area contributed by atoms with E-state index >= 15 is 0 Å². The summed E-state index contributed by atoms with van der Waals surface area (Å²) in [6.45, 7) is 10.3. The van der Waals surface area contributed by atoms with E-state index in [0.717, 1.165) is 16.0 Å². The molecule has 2 N–H and O–H groups in total. The third-order valence-electron chi connectivity index (χ3n) is 6.86. The minimum atomic E-state index is -1.49. The highest BCUT2D eigenvalue weighted by Gasteiger charge is 2.39. The first-order chi connectivity index (χ1) is 22.6. The van der Waals surface area contributed by atoms with Gasteiger partial charge in [-0.05, 0) is 58.7 Å². The molecule has 0 aliphatic rings. The van der Waals surface area contributed by atoms with E-state index in [2.05, 4.69) is 22.6 Å². The molecule has 3 amide bonds. The molecule has 9 nitrogen and oxygen atoms in total. The Morgan fingerprint density at radius 1 is 0.708 bits per heavy atom. The maximum Gasteiger partial charge on any atom is 0.408 e. The Labute approximate surface area is 283 Å². The number of alkyl carbamates (subject to hydrolysis) is 1. The van der Waals surface area contributed by atoms with E-state index in [0.29, 0.717) is 5.56 Å². The SMILES string of the molecule is C#Cc1ccccc1C(C(=O)NC(Cc1ccccc1)C(=O)OC(C)(C)C)N(C#C)C(=O)C(Cc1ccccc1)NC(=O)OC(C)(C)C. The van der Waals surface area contributed by atoms with Gasteiger partial charge in [-0.3, -0.25) is 14.5 Å². The Kier molecular flexibility index (Phi) is 12.6. The van der Waals surface area contributed by atoms with Crippen molar-refractivity contribution in [2.75, 3.05) is 0 Å². The number of nitrogens with one attached hydrogen (secondary N) is 2. The Bertz CT molecular complexity index is 1660. The molecule has 0 radical (unpaired) electrons. The molecule has 0 bridgehead atoms. The summed E-state index contributed by atoms with van der Waals surface area (Å²) in [6.07, 6.45) is 11.1. The summed E-state index contributed by atoms with van der Waals surface area (Å²) in [5, 5.41) is 5.42. The fraction of sp³-hybridized carbons (Fsp3) is 0.333. The number of benzene rings is 3. The van der Waals surface area contributed by atoms with Gasteiger partial charge in [0.15, 0.2) is 0 Å². The zero-order chi connectivity index (χ0) is 35.5. The molecule has 0 aliphatic heterocycles. The van der Waals surface area contributed by atoms with E-state index in [-0.39, 0.29) is 18.4 Å². The molecule has 0 aliphatic carbocycles. The summed E-state index contributed by atoms with van der Waals surface area (Å²) in [5.41, 5.74) is 0.361. The first-order valence-electron chi connectivity index (χ1n) is 15.6. The van der Waals surface area contributed by atoms with Crippen molar-refractivity contribution in [2.24, 2.45) is 0 Å². The average molecular weight is 650 g/mol. The second-order valence-electron chi connectivity index (χ2n) is 13.1. The van der Waals surface area contributed by atoms with Crippen molar-refractivity contribution in [3.63, 3.8) is 0 Å². The number of hydrogen-bond donors (Lipinski definition) is 2. The molecule has 0 saturated heterocycles. The summed E-state index contributed by atoms with van der Waals surface area (Å²) in [4.78, 5) is 56.1. The maximum absolute atomic E-state index is 14.4. The van der Waals surface area contributed by atoms with E-state index in [4.69, 9.17) is 22.3 Å². The molecule has 3 unspecified atom stereocenters. The Hall–Kier alpha value is -5.54. The largest absolute Gasteiger partial charge is 0.458 e. The molecular weight excluding hydrogens is 606 g/mol. The summed E-state index contributed by atoms with van der Waals surface area (Å²) in [7, 11) is 0. The standard InChI is InChI=1S/C39H43N3O6/c1-9-29-23-17-18-24-30(29)33(34(43)40-32(36(45)47-38(3,4)5)26-28-21-15-12-16-22-28)42(10-2)35(44)31(25-27-19-13-11-14-20-27)41-37(46)48-39(6,7)8/h1-2,11-24,31-33H,25-26H2,3-8H3,(H,40,43)(H,41,46). The number of esters is 1. The molecule has 0 saturated carbocycles. The molecule has 0 fully saturated rings. The van der Waals surface area contributed by atoms with Crippen molar-refractivity contribution in [2.45, 2.75) is 83.7 Å². The number of amides is 3. The van der Waals surface area contributed by atoms with Crippen molar-refractivity contribution in [1.29, 1.82) is 0 Å². The Morgan fingerprint density at radius 2 is 1.21 bits per heavy atom. The predicted molar refractivity (Wildman–Crippen MR) is 184 cm³/mol. The van der Waals surface area contributed by atoms with Gasteiger partial charge in [0.1, 0.15) is 29.3 Å². The van der Waals surface area contributed by atoms with E-state index < -0.39 is 53.2 Å². The van der Waals surface area contributed by atoms with Gasteiger partial charge in [0.2, 0.25) is 5.91 Å². The highest BCUT2D eigenvalue weighted by molar-refractivity contribution is 5.95. The number of nitrogens with zero attached hydrogens (tertiary/aromatic N) is 1. The number of terminal acetylenes is 2. The van der Waals surface area contributed by atoms with E-state index in [1.165, 1.54) is 0 Å². The van der Waals surface area contributed by atoms with Gasteiger partial charge in [0, 0.05) is 30.0 Å². The Balaban J connectivity index is 2.09. The van der Waals surface area contributed by atoms with Crippen LogP contribution in [0.15, 0.2) is 84.9 Å². The van der Waals surface area contributed by atoms with Crippen LogP contribution in [0.1, 0.15) is 69.8 Å². The van der Waals surface area contributed by atoms with Crippen molar-refractivity contribution < 1.29 is 28.7 Å². The van der Waals surface area contributed by atoms with Crippen molar-refractivity contribution >= 4 is 23.9 Å². The maximum atomic E-state index is 14.4. The molecule has 3 aromatic rings. The lowest BCUT2D eigenvalue weighted by Gasteiger charge is -2.32. The van der Waals surface area contributed by atoms with Crippen molar-refractivity contribution in [3.8, 4) is 24.8 Å². The van der Waals surface area contributed by atoms with Gasteiger partial charge in [0.25, 0.3) is 5.91 Å². The summed E-state index contributed by atoms with van der Waals surface area (Å²) >= 11 is 0. The summed E-state index contributed by atoms with van der Waals surface area (Å²) in [5.74, 6) is 0.345. The second-order valence-corrected chi connectivity index (χ2v) is 13.1. The van der Waals surface area contributed by atoms with Gasteiger partial charge in [-0.1, -0.05) is 91.2 Å². The molecule has 0 heterocycles. The number of carbonyl (C=O) groups is 4. The van der Waals surface area contributed by atoms with Crippen molar-refractivity contribution in [1.82, 2.24) is 15.5 Å². The monoisotopic (exact) mass is 649 g/mol. The van der Waals surface area contributed by atoms with Gasteiger partial charge in [-0.25, -0.2) is 9.59 Å². The zero-order valence-corrected chi connectivity index (χ0v) is 28.3. The van der Waals surface area contributed by atoms with Crippen LogP contribution in [0.2, 0.25) is 0 Å². The predicted octanol–water partition coefficient (Wildman–Crippen LogP) is 5.33. The third-order valence-corrected chi connectivity index (χ3v) is 6.86. The fourth-order valence-corrected chi connectivity index (χ4v) is 4.86. The van der Waals surface area contributed by atoms with Crippen LogP contribution >= 0.6 is 0 Å². The topological polar surface area (TPSA) is 114 Å². The molecule has 3 rings (SSSR count). The van der Waals surface area contributed by atoms with E-state index in [1.807, 2.05) is 36.4 Å². The van der Waals surface area contributed by atoms with Crippen molar-refractivity contribution in [3.05, 3.63) is 107 Å². The van der Waals surface area contributed by atoms with Gasteiger partial charge in [0.05, 0.1) is 0 Å². The minimum Gasteiger partial charge on any atom is -0.458 e. The van der Waals surface area contributed by atoms with Gasteiger partial charge in [-0.2, -0.15) is 0 Å². The van der Waals surface area contributed by atoms with Crippen LogP contribution in [0.4, 0.5) is 4.79 Å². The van der Waals surface area contributed by atoms with Crippen LogP contribution in [-0.4, -0.2) is 52.1 Å². The van der Waals surface area contributed by atoms with Gasteiger partial charge in [-0.15, -0.1) is 6.42 Å². The number of hydrogen-bond acceptors (Lipinski definition) is 6. The molecule has 48 heavy (non-hydrogen) atoms. The van der Waals surface area contributed by atoms with Crippen LogP contribution in [0.3, 0.4) is 0 Å². The average Bonchev–Trinajstić information content (AvgIpc) is 3.02. The minimum absolute atomic E-state index is 0.0385. The fourth-order valence-electron chi connectivity index (χ4n) is 4.86. The highest BCUT2D eigenvalue weighted by atomic mass is 16.6. The zero-order valence-electron chi connectivity index (χ0n) is 28.3. The van der Waals surface area contributed by atoms with Crippen LogP contribution < -0.4 is 10.6 Å². The third kappa shape index (κ3) is 11.1. The van der Waals surface area contributed by atoms with Gasteiger partial charge >= 0.3 is 12.1 Å². The molecular formula is C39H43N3O6. The lowest BCUT2D eigenvalue weighted by atomic mass is 9.96. The number of rotatable bonds is 11. The summed E-state index contributed by atoms with van der Waals surface area (Å²) in [6, 6.07) is 23.2. The molecule has 0 spiro atoms. The van der Waals surface area contributed by atoms with Gasteiger partial charge < -0.3 is 20.1 Å². The normalized spacial score (nSPS) is 13.0. The lowest BCUT2D eigenvalue weighted by Crippen LogP contribution is -2.54. The van der Waals surface area contributed by atoms with Crippen LogP contribution in [-0.2, 0) is 36.7 Å². The number of carbonyl (C=O) groups excluding carboxylic acids is 4. The first-order valence-corrected chi connectivity index (χ1v) is 15.6. The van der Waals surface area contributed by atoms with Crippen LogP contribution in [0.5, 0.6) is 0 Å². The summed E-state index contributed by atoms with van der Waals surface area (Å²) < 4.78 is 11.1. The molecule has 0 aromatic heterocycles. The number of ether oxygens (including phenoxy) is 2. The second kappa shape index (κ2) is 16.3. The molecule has 3 aromatic carbocycles. The first kappa shape index (κ1) is 36.9. The lowest BCUT2D eigenvalue weighted by molar-refractivity contribution is -0.159. The molecule has 9 heteroatoms.